The smallest absolute Gasteiger partial charge is 0.251 e. The van der Waals surface area contributed by atoms with E-state index in [9.17, 15) is 4.79 Å². The largest absolute Gasteiger partial charge is 0.356 e. The van der Waals surface area contributed by atoms with Crippen LogP contribution in [0.1, 0.15) is 41.5 Å². The van der Waals surface area contributed by atoms with Gasteiger partial charge in [0.05, 0.1) is 6.04 Å². The molecule has 3 aromatic rings. The molecule has 3 rings (SSSR count). The van der Waals surface area contributed by atoms with Gasteiger partial charge in [-0.25, -0.2) is 0 Å². The van der Waals surface area contributed by atoms with Crippen molar-refractivity contribution >= 4 is 32.7 Å². The van der Waals surface area contributed by atoms with Crippen molar-refractivity contribution in [1.29, 1.82) is 0 Å². The van der Waals surface area contributed by atoms with Crippen LogP contribution >= 0.6 is 15.9 Å². The molecule has 1 unspecified atom stereocenters. The fourth-order valence-electron chi connectivity index (χ4n) is 3.24. The predicted octanol–water partition coefficient (Wildman–Crippen LogP) is 5.23. The number of alkyl halides is 1. The Labute approximate surface area is 157 Å². The average molecular weight is 399 g/mol. The minimum atomic E-state index is -0.0610. The van der Waals surface area contributed by atoms with Gasteiger partial charge in [0.1, 0.15) is 0 Å². The second kappa shape index (κ2) is 7.87. The predicted molar refractivity (Wildman–Crippen MR) is 107 cm³/mol. The molecule has 0 spiro atoms. The van der Waals surface area contributed by atoms with Crippen molar-refractivity contribution in [3.63, 3.8) is 0 Å². The first-order valence-corrected chi connectivity index (χ1v) is 9.75. The van der Waals surface area contributed by atoms with Gasteiger partial charge in [-0.05, 0) is 36.1 Å². The van der Waals surface area contributed by atoms with Crippen LogP contribution in [0.15, 0.2) is 54.6 Å². The number of carbonyl (C=O) groups is 1. The summed E-state index contributed by atoms with van der Waals surface area (Å²) in [6.45, 7) is 4.28. The molecule has 0 aliphatic rings. The van der Waals surface area contributed by atoms with E-state index in [0.717, 1.165) is 23.0 Å². The van der Waals surface area contributed by atoms with E-state index >= 15 is 0 Å². The van der Waals surface area contributed by atoms with Crippen LogP contribution in [0.3, 0.4) is 0 Å². The number of rotatable bonds is 6. The Morgan fingerprint density at radius 2 is 1.76 bits per heavy atom. The zero-order valence-corrected chi connectivity index (χ0v) is 16.1. The summed E-state index contributed by atoms with van der Waals surface area (Å²) in [6, 6.07) is 17.7. The Morgan fingerprint density at radius 1 is 1.08 bits per heavy atom. The number of nitrogens with one attached hydrogen (secondary N) is 2. The summed E-state index contributed by atoms with van der Waals surface area (Å²) in [5.41, 5.74) is 4.19. The minimum Gasteiger partial charge on any atom is -0.356 e. The van der Waals surface area contributed by atoms with Crippen molar-refractivity contribution in [2.75, 3.05) is 5.33 Å². The molecule has 130 valence electrons. The van der Waals surface area contributed by atoms with Gasteiger partial charge in [-0.1, -0.05) is 66.2 Å². The number of benzene rings is 2. The van der Waals surface area contributed by atoms with Gasteiger partial charge in [0.25, 0.3) is 5.91 Å². The molecule has 0 aliphatic carbocycles. The van der Waals surface area contributed by atoms with Crippen LogP contribution < -0.4 is 5.32 Å². The van der Waals surface area contributed by atoms with Crippen LogP contribution in [0, 0.1) is 5.92 Å². The third kappa shape index (κ3) is 3.79. The molecular weight excluding hydrogens is 376 g/mol. The van der Waals surface area contributed by atoms with E-state index < -0.39 is 0 Å². The van der Waals surface area contributed by atoms with E-state index in [1.807, 2.05) is 36.4 Å². The molecule has 0 saturated carbocycles. The summed E-state index contributed by atoms with van der Waals surface area (Å²) in [5, 5.41) is 5.34. The normalized spacial score (nSPS) is 12.5. The summed E-state index contributed by atoms with van der Waals surface area (Å²) >= 11 is 3.56. The third-order valence-electron chi connectivity index (χ3n) is 4.49. The molecule has 1 aromatic heterocycles. The fourth-order valence-corrected chi connectivity index (χ4v) is 3.63. The SMILES string of the molecule is CC(C)C(NC(=O)c1ccccc1)c1[nH]c2ccccc2c1CCBr. The molecule has 4 heteroatoms. The summed E-state index contributed by atoms with van der Waals surface area (Å²) in [5.74, 6) is 0.234. The topological polar surface area (TPSA) is 44.9 Å². The summed E-state index contributed by atoms with van der Waals surface area (Å²) in [7, 11) is 0. The number of fused-ring (bicyclic) bond motifs is 1. The molecular formula is C21H23BrN2O. The number of halogens is 1. The lowest BCUT2D eigenvalue weighted by atomic mass is 9.95. The maximum absolute atomic E-state index is 12.7. The van der Waals surface area contributed by atoms with E-state index in [2.05, 4.69) is 58.3 Å². The Balaban J connectivity index is 1.99. The Bertz CT molecular complexity index is 855. The molecule has 0 fully saturated rings. The molecule has 0 saturated heterocycles. The van der Waals surface area contributed by atoms with E-state index in [0.29, 0.717) is 5.56 Å². The van der Waals surface area contributed by atoms with E-state index in [-0.39, 0.29) is 17.9 Å². The Kier molecular flexibility index (Phi) is 5.59. The first-order valence-electron chi connectivity index (χ1n) is 8.63. The number of hydrogen-bond acceptors (Lipinski definition) is 1. The molecule has 2 aromatic carbocycles. The molecule has 25 heavy (non-hydrogen) atoms. The summed E-state index contributed by atoms with van der Waals surface area (Å²) in [4.78, 5) is 16.2. The van der Waals surface area contributed by atoms with Crippen LogP contribution in [0.5, 0.6) is 0 Å². The number of aryl methyl sites for hydroxylation is 1. The fraction of sp³-hybridized carbons (Fsp3) is 0.286. The number of aromatic nitrogens is 1. The van der Waals surface area contributed by atoms with Gasteiger partial charge < -0.3 is 10.3 Å². The lowest BCUT2D eigenvalue weighted by Crippen LogP contribution is -2.32. The van der Waals surface area contributed by atoms with Gasteiger partial charge in [-0.15, -0.1) is 0 Å². The Morgan fingerprint density at radius 3 is 2.44 bits per heavy atom. The molecule has 0 radical (unpaired) electrons. The highest BCUT2D eigenvalue weighted by Crippen LogP contribution is 2.31. The summed E-state index contributed by atoms with van der Waals surface area (Å²) in [6.07, 6.45) is 0.920. The molecule has 3 nitrogen and oxygen atoms in total. The van der Waals surface area contributed by atoms with Crippen molar-refractivity contribution < 1.29 is 4.79 Å². The highest BCUT2D eigenvalue weighted by molar-refractivity contribution is 9.09. The van der Waals surface area contributed by atoms with E-state index in [4.69, 9.17) is 0 Å². The first kappa shape index (κ1) is 17.7. The van der Waals surface area contributed by atoms with Crippen LogP contribution in [0.2, 0.25) is 0 Å². The molecule has 1 heterocycles. The first-order chi connectivity index (χ1) is 12.1. The zero-order valence-electron chi connectivity index (χ0n) is 14.6. The highest BCUT2D eigenvalue weighted by Gasteiger charge is 2.24. The molecule has 2 N–H and O–H groups in total. The zero-order chi connectivity index (χ0) is 17.8. The van der Waals surface area contributed by atoms with Crippen LogP contribution in [0.4, 0.5) is 0 Å². The summed E-state index contributed by atoms with van der Waals surface area (Å²) < 4.78 is 0. The average Bonchev–Trinajstić information content (AvgIpc) is 2.99. The molecule has 0 aliphatic heterocycles. The number of hydrogen-bond donors (Lipinski definition) is 2. The van der Waals surface area contributed by atoms with Gasteiger partial charge in [0, 0.05) is 27.5 Å². The van der Waals surface area contributed by atoms with Crippen LogP contribution in [-0.2, 0) is 6.42 Å². The van der Waals surface area contributed by atoms with Gasteiger partial charge in [-0.2, -0.15) is 0 Å². The lowest BCUT2D eigenvalue weighted by Gasteiger charge is -2.23. The maximum atomic E-state index is 12.7. The number of aromatic amines is 1. The third-order valence-corrected chi connectivity index (χ3v) is 4.89. The second-order valence-corrected chi connectivity index (χ2v) is 7.36. The van der Waals surface area contributed by atoms with Gasteiger partial charge in [-0.3, -0.25) is 4.79 Å². The monoisotopic (exact) mass is 398 g/mol. The van der Waals surface area contributed by atoms with Crippen LogP contribution in [0.25, 0.3) is 10.9 Å². The van der Waals surface area contributed by atoms with Crippen molar-refractivity contribution in [3.05, 3.63) is 71.4 Å². The number of amides is 1. The number of carbonyl (C=O) groups excluding carboxylic acids is 1. The van der Waals surface area contributed by atoms with Crippen molar-refractivity contribution in [3.8, 4) is 0 Å². The maximum Gasteiger partial charge on any atom is 0.251 e. The van der Waals surface area contributed by atoms with E-state index in [1.165, 1.54) is 10.9 Å². The minimum absolute atomic E-state index is 0.0391. The second-order valence-electron chi connectivity index (χ2n) is 6.56. The van der Waals surface area contributed by atoms with E-state index in [1.54, 1.807) is 0 Å². The van der Waals surface area contributed by atoms with Crippen molar-refractivity contribution in [2.45, 2.75) is 26.3 Å². The number of para-hydroxylation sites is 1. The lowest BCUT2D eigenvalue weighted by molar-refractivity contribution is 0.0924. The molecule has 1 atom stereocenters. The molecule has 1 amide bonds. The quantitative estimate of drug-likeness (QED) is 0.548. The Hall–Kier alpha value is -2.07. The van der Waals surface area contributed by atoms with Crippen LogP contribution in [-0.4, -0.2) is 16.2 Å². The molecule has 0 bridgehead atoms. The number of H-pyrrole nitrogens is 1. The standard InChI is InChI=1S/C21H23BrN2O/c1-14(2)19(24-21(25)15-8-4-3-5-9-15)20-17(12-13-22)16-10-6-7-11-18(16)23-20/h3-11,14,19,23H,12-13H2,1-2H3,(H,24,25). The van der Waals surface area contributed by atoms with Crippen molar-refractivity contribution in [2.24, 2.45) is 5.92 Å². The van der Waals surface area contributed by atoms with Gasteiger partial charge in [0.15, 0.2) is 0 Å². The van der Waals surface area contributed by atoms with Gasteiger partial charge in [0.2, 0.25) is 0 Å². The van der Waals surface area contributed by atoms with Gasteiger partial charge >= 0.3 is 0 Å². The van der Waals surface area contributed by atoms with Crippen molar-refractivity contribution in [1.82, 2.24) is 10.3 Å². The highest BCUT2D eigenvalue weighted by atomic mass is 79.9.